The van der Waals surface area contributed by atoms with E-state index in [0.29, 0.717) is 28.8 Å². The second kappa shape index (κ2) is 14.8. The molecule has 0 unspecified atom stereocenters. The van der Waals surface area contributed by atoms with E-state index in [0.717, 1.165) is 31.2 Å². The van der Waals surface area contributed by atoms with Crippen molar-refractivity contribution < 1.29 is 42.9 Å². The first-order chi connectivity index (χ1) is 24.1. The van der Waals surface area contributed by atoms with Crippen LogP contribution in [-0.4, -0.2) is 97.3 Å². The molecule has 5 rings (SSSR count). The number of urea groups is 1. The van der Waals surface area contributed by atoms with Crippen molar-refractivity contribution >= 4 is 40.7 Å². The quantitative estimate of drug-likeness (QED) is 0.231. The highest BCUT2D eigenvalue weighted by atomic mass is 16.5. The minimum absolute atomic E-state index is 0.000574. The van der Waals surface area contributed by atoms with Crippen LogP contribution in [0.5, 0.6) is 11.5 Å². The van der Waals surface area contributed by atoms with Crippen molar-refractivity contribution in [2.75, 3.05) is 27.9 Å². The summed E-state index contributed by atoms with van der Waals surface area (Å²) in [6, 6.07) is 2.48. The maximum absolute atomic E-state index is 14.5. The summed E-state index contributed by atoms with van der Waals surface area (Å²) in [4.78, 5) is 73.2. The Bertz CT molecular complexity index is 1720. The van der Waals surface area contributed by atoms with Crippen LogP contribution in [0.3, 0.4) is 0 Å². The zero-order valence-corrected chi connectivity index (χ0v) is 30.4. The Hall–Kier alpha value is -4.88. The number of methoxy groups -OCH3 is 3. The lowest BCUT2D eigenvalue weighted by atomic mass is 9.85. The zero-order valence-electron chi connectivity index (χ0n) is 30.4. The number of benzene rings is 1. The standard InChI is InChI=1S/C37H49N5O9/c1-9-21-18-37(21,34(46)50-8)41-31(43)27-15-23(19-42(27)32(44)30(36(3,4)5)40-35(47)38-22-12-10-11-13-22)51-29-17-26(33(45)49-7)39-25-16-28(48-6)20(2)14-24(25)29/h9,14,16-17,21-23,27,30H,1,10-13,15,18-19H2,2-8H3,(H,41,43)(H2,38,40,47)/t21-,23+,27+,30-,37-/m1/s1. The van der Waals surface area contributed by atoms with Crippen LogP contribution in [0.4, 0.5) is 4.79 Å². The van der Waals surface area contributed by atoms with Crippen molar-refractivity contribution in [2.45, 2.75) is 96.0 Å². The van der Waals surface area contributed by atoms with Gasteiger partial charge in [0, 0.05) is 35.9 Å². The summed E-state index contributed by atoms with van der Waals surface area (Å²) in [6.45, 7) is 11.1. The van der Waals surface area contributed by atoms with E-state index in [2.05, 4.69) is 27.5 Å². The number of likely N-dealkylation sites (tertiary alicyclic amines) is 1. The van der Waals surface area contributed by atoms with Gasteiger partial charge in [0.15, 0.2) is 5.69 Å². The molecular weight excluding hydrogens is 658 g/mol. The molecule has 5 atom stereocenters. The summed E-state index contributed by atoms with van der Waals surface area (Å²) in [6.07, 6.45) is 5.01. The van der Waals surface area contributed by atoms with Crippen LogP contribution in [-0.2, 0) is 23.9 Å². The Balaban J connectivity index is 1.49. The Labute approximate surface area is 298 Å². The van der Waals surface area contributed by atoms with E-state index in [1.54, 1.807) is 12.1 Å². The fourth-order valence-corrected chi connectivity index (χ4v) is 7.14. The van der Waals surface area contributed by atoms with E-state index >= 15 is 0 Å². The molecule has 3 fully saturated rings. The van der Waals surface area contributed by atoms with Gasteiger partial charge in [0.05, 0.1) is 33.4 Å². The molecule has 51 heavy (non-hydrogen) atoms. The summed E-state index contributed by atoms with van der Waals surface area (Å²) in [5.41, 5.74) is -0.815. The largest absolute Gasteiger partial charge is 0.496 e. The monoisotopic (exact) mass is 707 g/mol. The number of hydrogen-bond acceptors (Lipinski definition) is 10. The highest BCUT2D eigenvalue weighted by Gasteiger charge is 2.62. The minimum Gasteiger partial charge on any atom is -0.496 e. The first-order valence-corrected chi connectivity index (χ1v) is 17.3. The number of amides is 4. The first kappa shape index (κ1) is 37.4. The molecule has 276 valence electrons. The normalized spacial score (nSPS) is 23.6. The molecule has 3 aliphatic rings. The fourth-order valence-electron chi connectivity index (χ4n) is 7.14. The second-order valence-corrected chi connectivity index (χ2v) is 14.7. The molecule has 14 heteroatoms. The average molecular weight is 708 g/mol. The van der Waals surface area contributed by atoms with Gasteiger partial charge in [-0.15, -0.1) is 6.58 Å². The molecule has 0 radical (unpaired) electrons. The predicted molar refractivity (Wildman–Crippen MR) is 187 cm³/mol. The number of nitrogens with one attached hydrogen (secondary N) is 3. The van der Waals surface area contributed by atoms with Crippen molar-refractivity contribution in [1.29, 1.82) is 0 Å². The van der Waals surface area contributed by atoms with Crippen LogP contribution >= 0.6 is 0 Å². The number of carbonyl (C=O) groups excluding carboxylic acids is 5. The van der Waals surface area contributed by atoms with Crippen molar-refractivity contribution in [3.05, 3.63) is 42.1 Å². The number of hydrogen-bond donors (Lipinski definition) is 3. The van der Waals surface area contributed by atoms with Crippen LogP contribution in [0, 0.1) is 18.3 Å². The van der Waals surface area contributed by atoms with Gasteiger partial charge in [0.25, 0.3) is 0 Å². The number of rotatable bonds is 11. The Morgan fingerprint density at radius 2 is 1.75 bits per heavy atom. The van der Waals surface area contributed by atoms with Crippen molar-refractivity contribution in [3.63, 3.8) is 0 Å². The third-order valence-corrected chi connectivity index (χ3v) is 10.1. The lowest BCUT2D eigenvalue weighted by molar-refractivity contribution is -0.148. The summed E-state index contributed by atoms with van der Waals surface area (Å²) >= 11 is 0. The number of aryl methyl sites for hydroxylation is 1. The zero-order chi connectivity index (χ0) is 37.2. The van der Waals surface area contributed by atoms with E-state index < -0.39 is 58.9 Å². The lowest BCUT2D eigenvalue weighted by Gasteiger charge is -2.35. The van der Waals surface area contributed by atoms with E-state index in [-0.39, 0.29) is 30.6 Å². The van der Waals surface area contributed by atoms with Gasteiger partial charge in [-0.2, -0.15) is 0 Å². The summed E-state index contributed by atoms with van der Waals surface area (Å²) in [5.74, 6) is -1.80. The Kier molecular flexibility index (Phi) is 10.8. The molecular formula is C37H49N5O9. The average Bonchev–Trinajstić information content (AvgIpc) is 3.36. The molecule has 1 aromatic heterocycles. The molecule has 1 aliphatic heterocycles. The highest BCUT2D eigenvalue weighted by molar-refractivity contribution is 5.97. The molecule has 2 heterocycles. The maximum atomic E-state index is 14.5. The molecule has 1 aromatic carbocycles. The van der Waals surface area contributed by atoms with Crippen molar-refractivity contribution in [3.8, 4) is 11.5 Å². The van der Waals surface area contributed by atoms with E-state index in [9.17, 15) is 24.0 Å². The maximum Gasteiger partial charge on any atom is 0.356 e. The van der Waals surface area contributed by atoms with Gasteiger partial charge < -0.3 is 39.8 Å². The molecule has 4 amide bonds. The molecule has 3 N–H and O–H groups in total. The molecule has 14 nitrogen and oxygen atoms in total. The molecule has 1 saturated heterocycles. The molecule has 2 saturated carbocycles. The lowest BCUT2D eigenvalue weighted by Crippen LogP contribution is -2.60. The Morgan fingerprint density at radius 3 is 2.33 bits per heavy atom. The van der Waals surface area contributed by atoms with Gasteiger partial charge in [-0.3, -0.25) is 9.59 Å². The van der Waals surface area contributed by atoms with Crippen LogP contribution in [0.1, 0.15) is 75.3 Å². The number of esters is 2. The smallest absolute Gasteiger partial charge is 0.356 e. The van der Waals surface area contributed by atoms with Crippen LogP contribution < -0.4 is 25.4 Å². The summed E-state index contributed by atoms with van der Waals surface area (Å²) in [7, 11) is 4.03. The third-order valence-electron chi connectivity index (χ3n) is 10.1. The topological polar surface area (TPSA) is 174 Å². The third kappa shape index (κ3) is 7.74. The summed E-state index contributed by atoms with van der Waals surface area (Å²) in [5, 5.41) is 9.31. The van der Waals surface area contributed by atoms with E-state index in [1.165, 1.54) is 32.3 Å². The van der Waals surface area contributed by atoms with Gasteiger partial charge in [0.2, 0.25) is 11.8 Å². The minimum atomic E-state index is -1.29. The number of carbonyl (C=O) groups is 5. The number of ether oxygens (including phenoxy) is 4. The highest BCUT2D eigenvalue weighted by Crippen LogP contribution is 2.46. The van der Waals surface area contributed by atoms with Gasteiger partial charge in [-0.05, 0) is 43.2 Å². The number of aromatic nitrogens is 1. The predicted octanol–water partition coefficient (Wildman–Crippen LogP) is 3.58. The van der Waals surface area contributed by atoms with Gasteiger partial charge in [0.1, 0.15) is 35.2 Å². The van der Waals surface area contributed by atoms with Gasteiger partial charge in [-0.25, -0.2) is 19.4 Å². The van der Waals surface area contributed by atoms with Crippen LogP contribution in [0.15, 0.2) is 30.9 Å². The molecule has 2 aromatic rings. The van der Waals surface area contributed by atoms with Gasteiger partial charge in [-0.1, -0.05) is 39.7 Å². The van der Waals surface area contributed by atoms with Gasteiger partial charge >= 0.3 is 18.0 Å². The second-order valence-electron chi connectivity index (χ2n) is 14.7. The Morgan fingerprint density at radius 1 is 1.04 bits per heavy atom. The number of nitrogens with zero attached hydrogens (tertiary/aromatic N) is 2. The SMILES string of the molecule is C=C[C@@H]1C[C@]1(NC(=O)[C@@H]1C[C@H](Oc2cc(C(=O)OC)nc3cc(OC)c(C)cc23)CN1C(=O)[C@@H](NC(=O)NC1CCCC1)C(C)(C)C)C(=O)OC. The molecule has 0 spiro atoms. The number of pyridine rings is 1. The molecule has 0 bridgehead atoms. The fraction of sp³-hybridized carbons (Fsp3) is 0.568. The van der Waals surface area contributed by atoms with Crippen LogP contribution in [0.25, 0.3) is 10.9 Å². The van der Waals surface area contributed by atoms with E-state index in [1.807, 2.05) is 33.8 Å². The first-order valence-electron chi connectivity index (χ1n) is 17.3. The molecule has 2 aliphatic carbocycles. The van der Waals surface area contributed by atoms with Crippen LogP contribution in [0.2, 0.25) is 0 Å². The number of fused-ring (bicyclic) bond motifs is 1. The summed E-state index contributed by atoms with van der Waals surface area (Å²) < 4.78 is 22.0. The van der Waals surface area contributed by atoms with E-state index in [4.69, 9.17) is 18.9 Å². The van der Waals surface area contributed by atoms with Crippen molar-refractivity contribution in [2.24, 2.45) is 11.3 Å². The van der Waals surface area contributed by atoms with Crippen molar-refractivity contribution in [1.82, 2.24) is 25.8 Å².